The summed E-state index contributed by atoms with van der Waals surface area (Å²) in [4.78, 5) is 34.5. The van der Waals surface area contributed by atoms with Gasteiger partial charge in [0.1, 0.15) is 6.04 Å². The molecule has 0 saturated carbocycles. The molecular formula is C15H17F3N2O4. The summed E-state index contributed by atoms with van der Waals surface area (Å²) >= 11 is 0. The fourth-order valence-corrected chi connectivity index (χ4v) is 1.92. The van der Waals surface area contributed by atoms with Crippen LogP contribution in [0.4, 0.5) is 13.2 Å². The molecule has 0 aliphatic heterocycles. The lowest BCUT2D eigenvalue weighted by Gasteiger charge is -2.24. The first-order chi connectivity index (χ1) is 11.0. The number of hydrogen-bond donors (Lipinski definition) is 3. The van der Waals surface area contributed by atoms with Crippen LogP contribution in [-0.2, 0) is 14.4 Å². The quantitative estimate of drug-likeness (QED) is 0.730. The number of aliphatic carboxylic acids is 1. The van der Waals surface area contributed by atoms with Crippen LogP contribution in [0.15, 0.2) is 30.3 Å². The molecule has 24 heavy (non-hydrogen) atoms. The Kier molecular flexibility index (Phi) is 6.33. The molecule has 132 valence electrons. The van der Waals surface area contributed by atoms with Gasteiger partial charge in [0.05, 0.1) is 0 Å². The van der Waals surface area contributed by atoms with E-state index in [1.54, 1.807) is 23.5 Å². The summed E-state index contributed by atoms with van der Waals surface area (Å²) in [6, 6.07) is 4.71. The summed E-state index contributed by atoms with van der Waals surface area (Å²) in [5.74, 6) is -5.33. The van der Waals surface area contributed by atoms with Crippen LogP contribution < -0.4 is 10.6 Å². The van der Waals surface area contributed by atoms with Crippen molar-refractivity contribution >= 4 is 17.8 Å². The standard InChI is InChI=1S/C15H17F3N2O4/c1-8(2)10(20-14(24)15(16,17)18)12(21)19-11(13(22)23)9-6-4-3-5-7-9/h3-8,10-11H,1-2H3,(H,19,21)(H,20,24)(H,22,23)/t10-,11+/m0/s1. The molecule has 0 bridgehead atoms. The van der Waals surface area contributed by atoms with Gasteiger partial charge in [0.15, 0.2) is 6.04 Å². The molecule has 0 fully saturated rings. The minimum Gasteiger partial charge on any atom is -0.479 e. The van der Waals surface area contributed by atoms with Crippen molar-refractivity contribution in [2.45, 2.75) is 32.1 Å². The number of amides is 2. The van der Waals surface area contributed by atoms with Crippen molar-refractivity contribution in [3.05, 3.63) is 35.9 Å². The van der Waals surface area contributed by atoms with E-state index in [2.05, 4.69) is 5.32 Å². The van der Waals surface area contributed by atoms with Gasteiger partial charge in [-0.15, -0.1) is 0 Å². The Hall–Kier alpha value is -2.58. The fourth-order valence-electron chi connectivity index (χ4n) is 1.92. The maximum Gasteiger partial charge on any atom is 0.471 e. The summed E-state index contributed by atoms with van der Waals surface area (Å²) in [6.07, 6.45) is -5.14. The summed E-state index contributed by atoms with van der Waals surface area (Å²) in [6.45, 7) is 2.86. The highest BCUT2D eigenvalue weighted by Crippen LogP contribution is 2.17. The number of carboxylic acids is 1. The molecule has 0 spiro atoms. The Labute approximate surface area is 136 Å². The third kappa shape index (κ3) is 5.25. The largest absolute Gasteiger partial charge is 0.479 e. The highest BCUT2D eigenvalue weighted by Gasteiger charge is 2.41. The molecule has 0 aromatic heterocycles. The topological polar surface area (TPSA) is 95.5 Å². The second kappa shape index (κ2) is 7.80. The number of rotatable bonds is 6. The predicted octanol–water partition coefficient (Wildman–Crippen LogP) is 1.63. The average Bonchev–Trinajstić information content (AvgIpc) is 2.48. The second-order valence-corrected chi connectivity index (χ2v) is 5.38. The number of carbonyl (C=O) groups is 3. The first kappa shape index (κ1) is 19.5. The van der Waals surface area contributed by atoms with Gasteiger partial charge >= 0.3 is 18.1 Å². The molecule has 2 amide bonds. The lowest BCUT2D eigenvalue weighted by molar-refractivity contribution is -0.175. The molecule has 0 saturated heterocycles. The molecule has 0 unspecified atom stereocenters. The molecule has 1 rings (SSSR count). The molecule has 2 atom stereocenters. The van der Waals surface area contributed by atoms with Crippen LogP contribution in [0, 0.1) is 5.92 Å². The summed E-state index contributed by atoms with van der Waals surface area (Å²) in [5, 5.41) is 13.0. The first-order valence-corrected chi connectivity index (χ1v) is 7.00. The van der Waals surface area contributed by atoms with E-state index < -0.39 is 42.0 Å². The van der Waals surface area contributed by atoms with E-state index in [0.717, 1.165) is 0 Å². The van der Waals surface area contributed by atoms with Crippen molar-refractivity contribution in [2.24, 2.45) is 5.92 Å². The molecule has 0 heterocycles. The van der Waals surface area contributed by atoms with Crippen LogP contribution >= 0.6 is 0 Å². The predicted molar refractivity (Wildman–Crippen MR) is 77.8 cm³/mol. The number of hydrogen-bond acceptors (Lipinski definition) is 3. The Morgan fingerprint density at radius 1 is 1.04 bits per heavy atom. The van der Waals surface area contributed by atoms with Gasteiger partial charge in [-0.3, -0.25) is 9.59 Å². The zero-order chi connectivity index (χ0) is 18.5. The van der Waals surface area contributed by atoms with Crippen molar-refractivity contribution < 1.29 is 32.7 Å². The van der Waals surface area contributed by atoms with Crippen LogP contribution in [0.1, 0.15) is 25.5 Å². The van der Waals surface area contributed by atoms with Crippen molar-refractivity contribution in [1.29, 1.82) is 0 Å². The molecule has 0 aliphatic carbocycles. The van der Waals surface area contributed by atoms with Gasteiger partial charge < -0.3 is 15.7 Å². The van der Waals surface area contributed by atoms with Crippen LogP contribution in [0.25, 0.3) is 0 Å². The Morgan fingerprint density at radius 3 is 2.00 bits per heavy atom. The summed E-state index contributed by atoms with van der Waals surface area (Å²) < 4.78 is 37.1. The lowest BCUT2D eigenvalue weighted by atomic mass is 10.0. The van der Waals surface area contributed by atoms with Crippen LogP contribution in [0.3, 0.4) is 0 Å². The molecule has 6 nitrogen and oxygen atoms in total. The van der Waals surface area contributed by atoms with Gasteiger partial charge in [-0.2, -0.15) is 13.2 Å². The van der Waals surface area contributed by atoms with E-state index in [-0.39, 0.29) is 5.56 Å². The maximum atomic E-state index is 12.4. The highest BCUT2D eigenvalue weighted by atomic mass is 19.4. The number of nitrogens with one attached hydrogen (secondary N) is 2. The van der Waals surface area contributed by atoms with E-state index in [4.69, 9.17) is 0 Å². The van der Waals surface area contributed by atoms with Crippen molar-refractivity contribution in [1.82, 2.24) is 10.6 Å². The van der Waals surface area contributed by atoms with Gasteiger partial charge in [0.2, 0.25) is 5.91 Å². The molecule has 0 radical (unpaired) electrons. The van der Waals surface area contributed by atoms with Crippen molar-refractivity contribution in [2.75, 3.05) is 0 Å². The third-order valence-electron chi connectivity index (χ3n) is 3.16. The molecule has 1 aromatic rings. The molecular weight excluding hydrogens is 329 g/mol. The lowest BCUT2D eigenvalue weighted by Crippen LogP contribution is -2.54. The minimum absolute atomic E-state index is 0.253. The van der Waals surface area contributed by atoms with Crippen molar-refractivity contribution in [3.8, 4) is 0 Å². The summed E-state index contributed by atoms with van der Waals surface area (Å²) in [5.41, 5.74) is 0.253. The fraction of sp³-hybridized carbons (Fsp3) is 0.400. The monoisotopic (exact) mass is 346 g/mol. The Morgan fingerprint density at radius 2 is 1.58 bits per heavy atom. The number of carboxylic acid groups (broad SMARTS) is 1. The number of alkyl halides is 3. The third-order valence-corrected chi connectivity index (χ3v) is 3.16. The SMILES string of the molecule is CC(C)[C@H](NC(=O)C(F)(F)F)C(=O)N[C@@H](C(=O)O)c1ccccc1. The highest BCUT2D eigenvalue weighted by molar-refractivity contribution is 5.92. The molecule has 9 heteroatoms. The first-order valence-electron chi connectivity index (χ1n) is 7.00. The van der Waals surface area contributed by atoms with E-state index in [0.29, 0.717) is 0 Å². The average molecular weight is 346 g/mol. The van der Waals surface area contributed by atoms with E-state index in [1.165, 1.54) is 26.0 Å². The van der Waals surface area contributed by atoms with Gasteiger partial charge in [-0.1, -0.05) is 44.2 Å². The maximum absolute atomic E-state index is 12.4. The smallest absolute Gasteiger partial charge is 0.471 e. The van der Waals surface area contributed by atoms with Gasteiger partial charge in [-0.25, -0.2) is 4.79 Å². The summed E-state index contributed by atoms with van der Waals surface area (Å²) in [7, 11) is 0. The minimum atomic E-state index is -5.14. The normalized spacial score (nSPS) is 13.9. The van der Waals surface area contributed by atoms with E-state index in [1.807, 2.05) is 0 Å². The van der Waals surface area contributed by atoms with Gasteiger partial charge in [-0.05, 0) is 11.5 Å². The van der Waals surface area contributed by atoms with E-state index in [9.17, 15) is 32.7 Å². The second-order valence-electron chi connectivity index (χ2n) is 5.38. The Bertz CT molecular complexity index is 602. The van der Waals surface area contributed by atoms with Crippen LogP contribution in [0.2, 0.25) is 0 Å². The van der Waals surface area contributed by atoms with Crippen molar-refractivity contribution in [3.63, 3.8) is 0 Å². The number of halogens is 3. The number of benzene rings is 1. The van der Waals surface area contributed by atoms with Gasteiger partial charge in [0.25, 0.3) is 0 Å². The van der Waals surface area contributed by atoms with Crippen LogP contribution in [0.5, 0.6) is 0 Å². The van der Waals surface area contributed by atoms with Crippen LogP contribution in [-0.4, -0.2) is 35.1 Å². The van der Waals surface area contributed by atoms with E-state index >= 15 is 0 Å². The zero-order valence-corrected chi connectivity index (χ0v) is 12.9. The van der Waals surface area contributed by atoms with Gasteiger partial charge in [0, 0.05) is 0 Å². The zero-order valence-electron chi connectivity index (χ0n) is 12.9. The number of carbonyl (C=O) groups excluding carboxylic acids is 2. The molecule has 3 N–H and O–H groups in total. The Balaban J connectivity index is 2.94. The molecule has 1 aromatic carbocycles. The molecule has 0 aliphatic rings.